The molecule has 3 heterocycles. The fraction of sp³-hybridized carbons (Fsp3) is 0.722. The maximum absolute atomic E-state index is 14.4. The zero-order valence-corrected chi connectivity index (χ0v) is 15.7. The second-order valence-corrected chi connectivity index (χ2v) is 7.87. The van der Waals surface area contributed by atoms with Gasteiger partial charge in [0.25, 0.3) is 0 Å². The van der Waals surface area contributed by atoms with E-state index in [0.29, 0.717) is 17.9 Å². The highest BCUT2D eigenvalue weighted by Crippen LogP contribution is 2.36. The van der Waals surface area contributed by atoms with Crippen LogP contribution in [0.1, 0.15) is 47.0 Å². The Kier molecular flexibility index (Phi) is 5.37. The summed E-state index contributed by atoms with van der Waals surface area (Å²) in [6.07, 6.45) is 3.49. The van der Waals surface area contributed by atoms with Crippen LogP contribution in [0.25, 0.3) is 0 Å². The molecule has 138 valence electrons. The molecule has 7 heteroatoms. The molecule has 0 unspecified atom stereocenters. The van der Waals surface area contributed by atoms with Gasteiger partial charge in [0.05, 0.1) is 17.8 Å². The smallest absolute Gasteiger partial charge is 0.478 e. The van der Waals surface area contributed by atoms with Crippen LogP contribution < -0.4 is 10.2 Å². The van der Waals surface area contributed by atoms with Gasteiger partial charge in [-0.3, -0.25) is 0 Å². The second kappa shape index (κ2) is 7.21. The van der Waals surface area contributed by atoms with Crippen LogP contribution in [0, 0.1) is 5.95 Å². The maximum atomic E-state index is 14.4. The van der Waals surface area contributed by atoms with Crippen molar-refractivity contribution in [2.75, 3.05) is 26.2 Å². The summed E-state index contributed by atoms with van der Waals surface area (Å²) < 4.78 is 31.7. The summed E-state index contributed by atoms with van der Waals surface area (Å²) in [6, 6.07) is 3.32. The lowest BCUT2D eigenvalue weighted by Crippen LogP contribution is -2.41. The number of nitrogens with zero attached hydrogens (tertiary/aromatic N) is 2. The molecule has 2 saturated heterocycles. The summed E-state index contributed by atoms with van der Waals surface area (Å²) in [5.74, 6) is -0.297. The molecule has 5 nitrogen and oxygen atoms in total. The van der Waals surface area contributed by atoms with Crippen LogP contribution in [0.4, 0.5) is 4.39 Å². The van der Waals surface area contributed by atoms with E-state index >= 15 is 0 Å². The van der Waals surface area contributed by atoms with Gasteiger partial charge in [0.1, 0.15) is 0 Å². The lowest BCUT2D eigenvalue weighted by atomic mass is 9.80. The highest BCUT2D eigenvalue weighted by atomic mass is 19.1. The molecule has 0 aromatic carbocycles. The van der Waals surface area contributed by atoms with E-state index in [1.165, 1.54) is 25.9 Å². The third kappa shape index (κ3) is 4.15. The minimum Gasteiger partial charge on any atom is -0.478 e. The Bertz CT molecular complexity index is 590. The summed E-state index contributed by atoms with van der Waals surface area (Å²) in [6.45, 7) is 11.7. The topological polar surface area (TPSA) is 43.8 Å². The second-order valence-electron chi connectivity index (χ2n) is 7.87. The van der Waals surface area contributed by atoms with Crippen LogP contribution in [-0.2, 0) is 9.31 Å². The van der Waals surface area contributed by atoms with Crippen molar-refractivity contribution in [1.82, 2.24) is 9.88 Å². The number of hydrogen-bond acceptors (Lipinski definition) is 5. The summed E-state index contributed by atoms with van der Waals surface area (Å²) in [7, 11) is -0.748. The van der Waals surface area contributed by atoms with E-state index in [2.05, 4.69) is 9.88 Å². The van der Waals surface area contributed by atoms with Crippen LogP contribution in [0.15, 0.2) is 12.1 Å². The van der Waals surface area contributed by atoms with Gasteiger partial charge in [0, 0.05) is 18.1 Å². The third-order valence-corrected chi connectivity index (χ3v) is 5.43. The summed E-state index contributed by atoms with van der Waals surface area (Å²) in [5, 5.41) is 0. The molecule has 0 radical (unpaired) electrons. The van der Waals surface area contributed by atoms with Crippen molar-refractivity contribution in [1.29, 1.82) is 0 Å². The number of pyridine rings is 1. The van der Waals surface area contributed by atoms with Crippen molar-refractivity contribution < 1.29 is 18.4 Å². The first-order valence-corrected chi connectivity index (χ1v) is 9.16. The van der Waals surface area contributed by atoms with Gasteiger partial charge in [0.15, 0.2) is 0 Å². The molecule has 2 fully saturated rings. The molecular weight excluding hydrogens is 322 g/mol. The molecule has 25 heavy (non-hydrogen) atoms. The van der Waals surface area contributed by atoms with Crippen molar-refractivity contribution in [2.45, 2.75) is 58.2 Å². The Hall–Kier alpha value is -1.18. The highest BCUT2D eigenvalue weighted by molar-refractivity contribution is 6.62. The molecule has 2 aliphatic rings. The molecule has 0 aliphatic carbocycles. The average molecular weight is 350 g/mol. The molecule has 1 aromatic heterocycles. The van der Waals surface area contributed by atoms with Crippen molar-refractivity contribution in [3.05, 3.63) is 18.1 Å². The summed E-state index contributed by atoms with van der Waals surface area (Å²) in [4.78, 5) is 6.35. The number of aromatic nitrogens is 1. The van der Waals surface area contributed by atoms with E-state index in [9.17, 15) is 4.39 Å². The predicted molar refractivity (Wildman–Crippen MR) is 95.7 cm³/mol. The van der Waals surface area contributed by atoms with Crippen LogP contribution >= 0.6 is 0 Å². The minimum atomic E-state index is -0.748. The van der Waals surface area contributed by atoms with Gasteiger partial charge in [-0.1, -0.05) is 6.07 Å². The molecular formula is C18H28BFN2O3. The standard InChI is InChI=1S/C18H28BFN2O3/c1-17(2)18(3,4)25-19(24-17)14-8-9-15(21-16(14)20)23-13-7-12-22-10-5-6-11-22/h8-9H,5-7,10-13H2,1-4H3. The predicted octanol–water partition coefficient (Wildman–Crippen LogP) is 2.38. The number of halogens is 1. The molecule has 0 amide bonds. The number of hydrogen-bond donors (Lipinski definition) is 0. The van der Waals surface area contributed by atoms with Gasteiger partial charge in [0.2, 0.25) is 11.8 Å². The van der Waals surface area contributed by atoms with E-state index in [1.807, 2.05) is 27.7 Å². The molecule has 0 saturated carbocycles. The molecule has 1 aromatic rings. The first kappa shape index (κ1) is 18.6. The number of rotatable bonds is 6. The average Bonchev–Trinajstić information content (AvgIpc) is 3.10. The first-order valence-electron chi connectivity index (χ1n) is 9.16. The quantitative estimate of drug-likeness (QED) is 0.448. The summed E-state index contributed by atoms with van der Waals surface area (Å²) >= 11 is 0. The first-order chi connectivity index (χ1) is 11.8. The fourth-order valence-electron chi connectivity index (χ4n) is 3.13. The number of ether oxygens (including phenoxy) is 1. The molecule has 0 atom stereocenters. The summed E-state index contributed by atoms with van der Waals surface area (Å²) in [5.41, 5.74) is -0.702. The highest BCUT2D eigenvalue weighted by Gasteiger charge is 2.52. The van der Waals surface area contributed by atoms with Gasteiger partial charge in [-0.05, 0) is 60.0 Å². The van der Waals surface area contributed by atoms with E-state index in [0.717, 1.165) is 13.0 Å². The molecule has 3 rings (SSSR count). The number of likely N-dealkylation sites (tertiary alicyclic amines) is 1. The van der Waals surface area contributed by atoms with Gasteiger partial charge < -0.3 is 18.9 Å². The maximum Gasteiger partial charge on any atom is 0.499 e. The molecule has 0 spiro atoms. The molecule has 2 aliphatic heterocycles. The van der Waals surface area contributed by atoms with Crippen LogP contribution in [0.5, 0.6) is 5.88 Å². The van der Waals surface area contributed by atoms with Crippen LogP contribution in [-0.4, -0.2) is 54.4 Å². The molecule has 0 N–H and O–H groups in total. The van der Waals surface area contributed by atoms with Crippen molar-refractivity contribution in [3.8, 4) is 5.88 Å². The van der Waals surface area contributed by atoms with E-state index in [4.69, 9.17) is 14.0 Å². The monoisotopic (exact) mass is 350 g/mol. The van der Waals surface area contributed by atoms with Crippen molar-refractivity contribution in [2.24, 2.45) is 0 Å². The fourth-order valence-corrected chi connectivity index (χ4v) is 3.13. The Balaban J connectivity index is 1.54. The minimum absolute atomic E-state index is 0.305. The van der Waals surface area contributed by atoms with Crippen molar-refractivity contribution in [3.63, 3.8) is 0 Å². The largest absolute Gasteiger partial charge is 0.499 e. The Morgan fingerprint density at radius 3 is 2.40 bits per heavy atom. The lowest BCUT2D eigenvalue weighted by Gasteiger charge is -2.32. The third-order valence-electron chi connectivity index (χ3n) is 5.43. The van der Waals surface area contributed by atoms with Crippen molar-refractivity contribution >= 4 is 12.6 Å². The Labute approximate surface area is 150 Å². The van der Waals surface area contributed by atoms with Crippen LogP contribution in [0.2, 0.25) is 0 Å². The Morgan fingerprint density at radius 1 is 1.16 bits per heavy atom. The normalized spacial score (nSPS) is 22.5. The lowest BCUT2D eigenvalue weighted by molar-refractivity contribution is 0.00578. The zero-order chi connectivity index (χ0) is 18.1. The van der Waals surface area contributed by atoms with Gasteiger partial charge in [-0.2, -0.15) is 9.37 Å². The van der Waals surface area contributed by atoms with E-state index in [-0.39, 0.29) is 0 Å². The Morgan fingerprint density at radius 2 is 1.80 bits per heavy atom. The van der Waals surface area contributed by atoms with E-state index < -0.39 is 24.3 Å². The van der Waals surface area contributed by atoms with Crippen LogP contribution in [0.3, 0.4) is 0 Å². The van der Waals surface area contributed by atoms with E-state index in [1.54, 1.807) is 12.1 Å². The van der Waals surface area contributed by atoms with Gasteiger partial charge in [-0.15, -0.1) is 0 Å². The zero-order valence-electron chi connectivity index (χ0n) is 15.7. The molecule has 0 bridgehead atoms. The SMILES string of the molecule is CC1(C)OB(c2ccc(OCCCN3CCCC3)nc2F)OC1(C)C. The van der Waals surface area contributed by atoms with Gasteiger partial charge >= 0.3 is 7.12 Å². The van der Waals surface area contributed by atoms with Gasteiger partial charge in [-0.25, -0.2) is 0 Å².